The number of rotatable bonds is 17. The quantitative estimate of drug-likeness (QED) is 0.216. The van der Waals surface area contributed by atoms with E-state index in [4.69, 9.17) is 4.55 Å². The van der Waals surface area contributed by atoms with Crippen LogP contribution in [0.5, 0.6) is 0 Å². The summed E-state index contributed by atoms with van der Waals surface area (Å²) in [6, 6.07) is 0. The van der Waals surface area contributed by atoms with Gasteiger partial charge in [0.1, 0.15) is 0 Å². The first-order valence-electron chi connectivity index (χ1n) is 10.2. The number of allylic oxidation sites excluding steroid dienone is 2. The summed E-state index contributed by atoms with van der Waals surface area (Å²) in [6.45, 7) is 2.29. The Morgan fingerprint density at radius 3 is 1.92 bits per heavy atom. The molecular formula is C20H39NO4S. The second-order valence-electron chi connectivity index (χ2n) is 7.08. The predicted octanol–water partition coefficient (Wildman–Crippen LogP) is 4.98. The van der Waals surface area contributed by atoms with Crippen LogP contribution >= 0.6 is 0 Å². The number of carbonyl (C=O) groups is 1. The molecule has 0 spiro atoms. The number of carbonyl (C=O) groups excluding carboxylic acids is 1. The molecule has 0 fully saturated rings. The molecule has 0 radical (unpaired) electrons. The molecule has 0 bridgehead atoms. The van der Waals surface area contributed by atoms with Crippen LogP contribution in [0.15, 0.2) is 12.2 Å². The summed E-state index contributed by atoms with van der Waals surface area (Å²) in [5.41, 5.74) is 0. The molecule has 0 aromatic rings. The van der Waals surface area contributed by atoms with Crippen LogP contribution in [0.3, 0.4) is 0 Å². The Morgan fingerprint density at radius 1 is 0.885 bits per heavy atom. The van der Waals surface area contributed by atoms with Crippen LogP contribution < -0.4 is 0 Å². The summed E-state index contributed by atoms with van der Waals surface area (Å²) in [7, 11) is -2.43. The van der Waals surface area contributed by atoms with Crippen molar-refractivity contribution in [1.82, 2.24) is 4.90 Å². The van der Waals surface area contributed by atoms with Gasteiger partial charge in [-0.25, -0.2) is 0 Å². The summed E-state index contributed by atoms with van der Waals surface area (Å²) < 4.78 is 30.0. The third kappa shape index (κ3) is 17.9. The van der Waals surface area contributed by atoms with Gasteiger partial charge < -0.3 is 4.90 Å². The van der Waals surface area contributed by atoms with Crippen molar-refractivity contribution in [2.75, 3.05) is 19.3 Å². The fraction of sp³-hybridized carbons (Fsp3) is 0.850. The minimum Gasteiger partial charge on any atom is -0.345 e. The van der Waals surface area contributed by atoms with Crippen molar-refractivity contribution in [2.24, 2.45) is 0 Å². The lowest BCUT2D eigenvalue weighted by Crippen LogP contribution is -2.31. The third-order valence-corrected chi connectivity index (χ3v) is 5.21. The monoisotopic (exact) mass is 389 g/mol. The lowest BCUT2D eigenvalue weighted by atomic mass is 10.1. The largest absolute Gasteiger partial charge is 0.345 e. The first-order chi connectivity index (χ1) is 12.4. The van der Waals surface area contributed by atoms with E-state index in [2.05, 4.69) is 19.1 Å². The Balaban J connectivity index is 3.44. The Kier molecular flexibility index (Phi) is 15.8. The van der Waals surface area contributed by atoms with E-state index in [1.807, 2.05) is 0 Å². The van der Waals surface area contributed by atoms with Crippen LogP contribution in [0.25, 0.3) is 0 Å². The van der Waals surface area contributed by atoms with E-state index in [9.17, 15) is 13.2 Å². The minimum absolute atomic E-state index is 0.0427. The topological polar surface area (TPSA) is 74.7 Å². The molecule has 6 heteroatoms. The van der Waals surface area contributed by atoms with Crippen LogP contribution in [-0.4, -0.2) is 43.1 Å². The Hall–Kier alpha value is -0.880. The fourth-order valence-electron chi connectivity index (χ4n) is 2.74. The van der Waals surface area contributed by atoms with E-state index in [0.29, 0.717) is 6.42 Å². The summed E-state index contributed by atoms with van der Waals surface area (Å²) in [6.07, 6.45) is 19.5. The summed E-state index contributed by atoms with van der Waals surface area (Å²) in [4.78, 5) is 13.2. The molecule has 26 heavy (non-hydrogen) atoms. The Labute approximate surface area is 161 Å². The lowest BCUT2D eigenvalue weighted by Gasteiger charge is -2.16. The van der Waals surface area contributed by atoms with E-state index < -0.39 is 15.9 Å². The van der Waals surface area contributed by atoms with Crippen molar-refractivity contribution in [3.63, 3.8) is 0 Å². The third-order valence-electron chi connectivity index (χ3n) is 4.51. The Morgan fingerprint density at radius 2 is 1.38 bits per heavy atom. The highest BCUT2D eigenvalue weighted by Crippen LogP contribution is 2.09. The fourth-order valence-corrected chi connectivity index (χ4v) is 3.24. The average Bonchev–Trinajstić information content (AvgIpc) is 2.59. The van der Waals surface area contributed by atoms with Crippen molar-refractivity contribution in [1.29, 1.82) is 0 Å². The van der Waals surface area contributed by atoms with Gasteiger partial charge in [-0.2, -0.15) is 8.42 Å². The van der Waals surface area contributed by atoms with Gasteiger partial charge in [0.2, 0.25) is 5.91 Å². The maximum atomic E-state index is 11.8. The molecule has 1 amide bonds. The van der Waals surface area contributed by atoms with E-state index in [-0.39, 0.29) is 12.5 Å². The zero-order chi connectivity index (χ0) is 19.7. The van der Waals surface area contributed by atoms with Crippen molar-refractivity contribution in [3.05, 3.63) is 12.2 Å². The van der Waals surface area contributed by atoms with E-state index in [1.165, 1.54) is 49.8 Å². The molecular weight excluding hydrogens is 350 g/mol. The van der Waals surface area contributed by atoms with Crippen molar-refractivity contribution in [2.45, 2.75) is 90.4 Å². The highest BCUT2D eigenvalue weighted by molar-refractivity contribution is 7.85. The van der Waals surface area contributed by atoms with E-state index in [1.54, 1.807) is 7.05 Å². The molecule has 154 valence electrons. The molecule has 0 aliphatic heterocycles. The Bertz CT molecular complexity index is 474. The van der Waals surface area contributed by atoms with Gasteiger partial charge in [-0.3, -0.25) is 9.35 Å². The smallest absolute Gasteiger partial charge is 0.266 e. The first kappa shape index (κ1) is 25.1. The van der Waals surface area contributed by atoms with Crippen LogP contribution in [-0.2, 0) is 14.9 Å². The van der Waals surface area contributed by atoms with Crippen LogP contribution in [0.2, 0.25) is 0 Å². The second-order valence-corrected chi connectivity index (χ2v) is 8.65. The highest BCUT2D eigenvalue weighted by atomic mass is 32.2. The minimum atomic E-state index is -4.00. The summed E-state index contributed by atoms with van der Waals surface area (Å²) in [5, 5.41) is 0. The van der Waals surface area contributed by atoms with Gasteiger partial charge in [0.15, 0.2) is 0 Å². The molecule has 0 unspecified atom stereocenters. The molecule has 1 N–H and O–H groups in total. The average molecular weight is 390 g/mol. The zero-order valence-electron chi connectivity index (χ0n) is 16.8. The molecule has 5 nitrogen and oxygen atoms in total. The molecule has 0 aromatic carbocycles. The van der Waals surface area contributed by atoms with Crippen LogP contribution in [0, 0.1) is 0 Å². The van der Waals surface area contributed by atoms with Crippen molar-refractivity contribution < 1.29 is 17.8 Å². The molecule has 0 atom stereocenters. The maximum absolute atomic E-state index is 11.8. The molecule has 0 aliphatic carbocycles. The highest BCUT2D eigenvalue weighted by Gasteiger charge is 2.12. The number of nitrogens with zero attached hydrogens (tertiary/aromatic N) is 1. The number of unbranched alkanes of at least 4 members (excludes halogenated alkanes) is 10. The van der Waals surface area contributed by atoms with Crippen molar-refractivity contribution in [3.8, 4) is 0 Å². The predicted molar refractivity (Wildman–Crippen MR) is 109 cm³/mol. The van der Waals surface area contributed by atoms with Gasteiger partial charge >= 0.3 is 0 Å². The molecule has 0 rings (SSSR count). The summed E-state index contributed by atoms with van der Waals surface area (Å²) >= 11 is 0. The number of amides is 1. The van der Waals surface area contributed by atoms with Gasteiger partial charge in [-0.15, -0.1) is 0 Å². The lowest BCUT2D eigenvalue weighted by molar-refractivity contribution is -0.129. The molecule has 0 heterocycles. The molecule has 0 saturated carbocycles. The number of hydrogen-bond donors (Lipinski definition) is 1. The van der Waals surface area contributed by atoms with E-state index >= 15 is 0 Å². The second kappa shape index (κ2) is 16.3. The molecule has 0 saturated heterocycles. The van der Waals surface area contributed by atoms with Gasteiger partial charge in [-0.1, -0.05) is 64.0 Å². The maximum Gasteiger partial charge on any atom is 0.266 e. The first-order valence-corrected chi connectivity index (χ1v) is 11.8. The van der Waals surface area contributed by atoms with Gasteiger partial charge in [-0.05, 0) is 32.1 Å². The van der Waals surface area contributed by atoms with E-state index in [0.717, 1.165) is 32.1 Å². The zero-order valence-corrected chi connectivity index (χ0v) is 17.6. The number of hydrogen-bond acceptors (Lipinski definition) is 3. The van der Waals surface area contributed by atoms with Crippen LogP contribution in [0.1, 0.15) is 90.4 Å². The summed E-state index contributed by atoms with van der Waals surface area (Å²) in [5.74, 6) is -0.465. The van der Waals surface area contributed by atoms with Gasteiger partial charge in [0.25, 0.3) is 10.1 Å². The van der Waals surface area contributed by atoms with Gasteiger partial charge in [0.05, 0.1) is 5.75 Å². The van der Waals surface area contributed by atoms with Gasteiger partial charge in [0, 0.05) is 20.0 Å². The SMILES string of the molecule is CCCCCCCCC=CCCCCCCC(=O)N(C)CCS(=O)(=O)O. The normalized spacial score (nSPS) is 12.0. The standard InChI is InChI=1S/C20H39NO4S/c1-3-4-5-6-7-8-9-10-11-12-13-14-15-16-17-20(22)21(2)18-19-26(23,24)25/h10-11H,3-9,12-19H2,1-2H3,(H,23,24,25). The molecule has 0 aliphatic rings. The molecule has 0 aromatic heterocycles. The van der Waals surface area contributed by atoms with Crippen molar-refractivity contribution >= 4 is 16.0 Å². The van der Waals surface area contributed by atoms with Crippen LogP contribution in [0.4, 0.5) is 0 Å².